The Balaban J connectivity index is 1.74. The number of carbonyl (C=O) groups excluding carboxylic acids is 1. The van der Waals surface area contributed by atoms with E-state index in [4.69, 9.17) is 0 Å². The Bertz CT molecular complexity index is 726. The second kappa shape index (κ2) is 5.73. The molecule has 1 saturated heterocycles. The molecular weight excluding hydrogens is 284 g/mol. The van der Waals surface area contributed by atoms with Crippen LogP contribution in [0.4, 0.5) is 5.69 Å². The van der Waals surface area contributed by atoms with Crippen molar-refractivity contribution in [3.05, 3.63) is 65.2 Å². The van der Waals surface area contributed by atoms with Crippen LogP contribution in [0.2, 0.25) is 0 Å². The number of hydrogen-bond donors (Lipinski definition) is 1. The van der Waals surface area contributed by atoms with Crippen LogP contribution in [0.1, 0.15) is 48.0 Å². The first-order valence-corrected chi connectivity index (χ1v) is 8.44. The summed E-state index contributed by atoms with van der Waals surface area (Å²) >= 11 is 0. The molecule has 2 aliphatic heterocycles. The predicted molar refractivity (Wildman–Crippen MR) is 92.3 cm³/mol. The number of aryl methyl sites for hydroxylation is 1. The molecule has 118 valence electrons. The molecule has 3 heteroatoms. The van der Waals surface area contributed by atoms with E-state index in [-0.39, 0.29) is 12.1 Å². The van der Waals surface area contributed by atoms with Gasteiger partial charge in [-0.3, -0.25) is 4.79 Å². The van der Waals surface area contributed by atoms with Gasteiger partial charge in [-0.05, 0) is 37.0 Å². The van der Waals surface area contributed by atoms with Crippen molar-refractivity contribution in [2.24, 2.45) is 0 Å². The summed E-state index contributed by atoms with van der Waals surface area (Å²) in [5.74, 6) is 0.302. The topological polar surface area (TPSA) is 32.3 Å². The van der Waals surface area contributed by atoms with E-state index in [9.17, 15) is 4.79 Å². The maximum Gasteiger partial charge on any atom is 0.223 e. The molecule has 2 unspecified atom stereocenters. The van der Waals surface area contributed by atoms with Gasteiger partial charge in [-0.15, -0.1) is 0 Å². The molecular formula is C20H22N2O. The number of fused-ring (bicyclic) bond motifs is 1. The summed E-state index contributed by atoms with van der Waals surface area (Å²) in [6.07, 6.45) is 2.62. The Kier molecular flexibility index (Phi) is 3.56. The average Bonchev–Trinajstić information content (AvgIpc) is 3.00. The minimum absolute atomic E-state index is 0.186. The Morgan fingerprint density at radius 1 is 1.13 bits per heavy atom. The summed E-state index contributed by atoms with van der Waals surface area (Å²) in [4.78, 5) is 14.4. The number of likely N-dealkylation sites (tertiary alicyclic amines) is 1. The van der Waals surface area contributed by atoms with Gasteiger partial charge in [0.25, 0.3) is 0 Å². The standard InChI is InChI=1S/C20H22N2O/c1-14-9-10-17-16(12-14)19(22-11-5-8-20(22)23)13-18(21-17)15-6-3-2-4-7-15/h2-4,6-7,9-10,12,18-19,21H,5,8,11,13H2,1H3. The van der Waals surface area contributed by atoms with Crippen LogP contribution in [0.15, 0.2) is 48.5 Å². The van der Waals surface area contributed by atoms with E-state index in [0.29, 0.717) is 12.3 Å². The molecule has 4 rings (SSSR count). The zero-order valence-electron chi connectivity index (χ0n) is 13.5. The highest BCUT2D eigenvalue weighted by Gasteiger charge is 2.35. The molecule has 2 aromatic rings. The number of hydrogen-bond acceptors (Lipinski definition) is 2. The van der Waals surface area contributed by atoms with Gasteiger partial charge in [-0.25, -0.2) is 0 Å². The first-order valence-electron chi connectivity index (χ1n) is 8.44. The lowest BCUT2D eigenvalue weighted by Gasteiger charge is -2.38. The van der Waals surface area contributed by atoms with E-state index in [1.165, 1.54) is 22.4 Å². The summed E-state index contributed by atoms with van der Waals surface area (Å²) in [6.45, 7) is 3.00. The third-order valence-corrected chi connectivity index (χ3v) is 5.04. The third kappa shape index (κ3) is 2.61. The fourth-order valence-corrected chi connectivity index (χ4v) is 3.88. The first-order chi connectivity index (χ1) is 11.2. The second-order valence-electron chi connectivity index (χ2n) is 6.64. The number of anilines is 1. The van der Waals surface area contributed by atoms with Crippen molar-refractivity contribution >= 4 is 11.6 Å². The van der Waals surface area contributed by atoms with Crippen molar-refractivity contribution < 1.29 is 4.79 Å². The molecule has 0 saturated carbocycles. The highest BCUT2D eigenvalue weighted by Crippen LogP contribution is 2.43. The molecule has 0 bridgehead atoms. The molecule has 2 aliphatic rings. The lowest BCUT2D eigenvalue weighted by atomic mass is 9.87. The van der Waals surface area contributed by atoms with Gasteiger partial charge in [-0.1, -0.05) is 48.0 Å². The molecule has 2 heterocycles. The van der Waals surface area contributed by atoms with E-state index in [0.717, 1.165) is 19.4 Å². The number of benzene rings is 2. The molecule has 2 aromatic carbocycles. The molecule has 0 aliphatic carbocycles. The van der Waals surface area contributed by atoms with Crippen LogP contribution in [0.3, 0.4) is 0 Å². The van der Waals surface area contributed by atoms with Crippen LogP contribution in [0.25, 0.3) is 0 Å². The summed E-state index contributed by atoms with van der Waals surface area (Å²) < 4.78 is 0. The number of nitrogens with one attached hydrogen (secondary N) is 1. The first kappa shape index (κ1) is 14.3. The fraction of sp³-hybridized carbons (Fsp3) is 0.350. The maximum atomic E-state index is 12.3. The van der Waals surface area contributed by atoms with Crippen molar-refractivity contribution in [1.29, 1.82) is 0 Å². The van der Waals surface area contributed by atoms with Gasteiger partial charge in [-0.2, -0.15) is 0 Å². The van der Waals surface area contributed by atoms with Gasteiger partial charge >= 0.3 is 0 Å². The lowest BCUT2D eigenvalue weighted by Crippen LogP contribution is -2.35. The minimum Gasteiger partial charge on any atom is -0.378 e. The number of nitrogens with zero attached hydrogens (tertiary/aromatic N) is 1. The van der Waals surface area contributed by atoms with Crippen LogP contribution in [0.5, 0.6) is 0 Å². The molecule has 23 heavy (non-hydrogen) atoms. The SMILES string of the molecule is Cc1ccc2c(c1)C(N1CCCC1=O)CC(c1ccccc1)N2. The van der Waals surface area contributed by atoms with Gasteiger partial charge < -0.3 is 10.2 Å². The number of rotatable bonds is 2. The Morgan fingerprint density at radius 3 is 2.70 bits per heavy atom. The van der Waals surface area contributed by atoms with Crippen LogP contribution >= 0.6 is 0 Å². The number of amides is 1. The molecule has 1 amide bonds. The zero-order valence-corrected chi connectivity index (χ0v) is 13.5. The van der Waals surface area contributed by atoms with Crippen molar-refractivity contribution in [3.8, 4) is 0 Å². The highest BCUT2D eigenvalue weighted by atomic mass is 16.2. The summed E-state index contributed by atoms with van der Waals surface area (Å²) in [7, 11) is 0. The Labute approximate surface area is 137 Å². The number of carbonyl (C=O) groups is 1. The second-order valence-corrected chi connectivity index (χ2v) is 6.64. The molecule has 2 atom stereocenters. The van der Waals surface area contributed by atoms with Crippen LogP contribution in [0, 0.1) is 6.92 Å². The fourth-order valence-electron chi connectivity index (χ4n) is 3.88. The third-order valence-electron chi connectivity index (χ3n) is 5.04. The molecule has 0 aromatic heterocycles. The normalized spacial score (nSPS) is 23.5. The summed E-state index contributed by atoms with van der Waals surface area (Å²) in [6, 6.07) is 17.5. The van der Waals surface area contributed by atoms with E-state index in [1.54, 1.807) is 0 Å². The van der Waals surface area contributed by atoms with Crippen LogP contribution < -0.4 is 5.32 Å². The summed E-state index contributed by atoms with van der Waals surface area (Å²) in [5.41, 5.74) is 4.98. The monoisotopic (exact) mass is 306 g/mol. The summed E-state index contributed by atoms with van der Waals surface area (Å²) in [5, 5.41) is 3.67. The molecule has 1 fully saturated rings. The smallest absolute Gasteiger partial charge is 0.223 e. The van der Waals surface area contributed by atoms with Crippen LogP contribution in [-0.2, 0) is 4.79 Å². The van der Waals surface area contributed by atoms with Gasteiger partial charge in [0.15, 0.2) is 0 Å². The molecule has 0 spiro atoms. The quantitative estimate of drug-likeness (QED) is 0.901. The lowest BCUT2D eigenvalue weighted by molar-refractivity contribution is -0.130. The van der Waals surface area contributed by atoms with E-state index in [1.807, 2.05) is 6.07 Å². The molecule has 1 N–H and O–H groups in total. The maximum absolute atomic E-state index is 12.3. The van der Waals surface area contributed by atoms with Gasteiger partial charge in [0, 0.05) is 18.7 Å². The van der Waals surface area contributed by atoms with Gasteiger partial charge in [0.1, 0.15) is 0 Å². The highest BCUT2D eigenvalue weighted by molar-refractivity contribution is 5.79. The van der Waals surface area contributed by atoms with E-state index >= 15 is 0 Å². The van der Waals surface area contributed by atoms with E-state index in [2.05, 4.69) is 59.6 Å². The Morgan fingerprint density at radius 2 is 1.96 bits per heavy atom. The van der Waals surface area contributed by atoms with Crippen molar-refractivity contribution in [2.75, 3.05) is 11.9 Å². The van der Waals surface area contributed by atoms with Crippen molar-refractivity contribution in [2.45, 2.75) is 38.3 Å². The molecule has 0 radical (unpaired) electrons. The zero-order chi connectivity index (χ0) is 15.8. The van der Waals surface area contributed by atoms with Gasteiger partial charge in [0.2, 0.25) is 5.91 Å². The van der Waals surface area contributed by atoms with Crippen LogP contribution in [-0.4, -0.2) is 17.4 Å². The van der Waals surface area contributed by atoms with Crippen molar-refractivity contribution in [1.82, 2.24) is 4.90 Å². The van der Waals surface area contributed by atoms with E-state index < -0.39 is 0 Å². The minimum atomic E-state index is 0.186. The van der Waals surface area contributed by atoms with Gasteiger partial charge in [0.05, 0.1) is 12.1 Å². The largest absolute Gasteiger partial charge is 0.378 e. The predicted octanol–water partition coefficient (Wildman–Crippen LogP) is 4.22. The van der Waals surface area contributed by atoms with Crippen molar-refractivity contribution in [3.63, 3.8) is 0 Å². The average molecular weight is 306 g/mol. The Hall–Kier alpha value is -2.29. The molecule has 3 nitrogen and oxygen atoms in total.